The van der Waals surface area contributed by atoms with Crippen LogP contribution in [0.5, 0.6) is 0 Å². The molecule has 1 aliphatic rings. The van der Waals surface area contributed by atoms with Gasteiger partial charge in [-0.15, -0.1) is 0 Å². The van der Waals surface area contributed by atoms with Crippen LogP contribution in [0.4, 0.5) is 0 Å². The number of carbonyl (C=O) groups is 1. The summed E-state index contributed by atoms with van der Waals surface area (Å²) in [6, 6.07) is 0.703. The first-order valence-corrected chi connectivity index (χ1v) is 5.93. The van der Waals surface area contributed by atoms with E-state index in [2.05, 4.69) is 22.5 Å². The van der Waals surface area contributed by atoms with Crippen LogP contribution in [0.3, 0.4) is 0 Å². The van der Waals surface area contributed by atoms with E-state index in [9.17, 15) is 4.79 Å². The predicted molar refractivity (Wildman–Crippen MR) is 61.8 cm³/mol. The average Bonchev–Trinajstić information content (AvgIpc) is 2.15. The first kappa shape index (κ1) is 12.5. The van der Waals surface area contributed by atoms with Crippen molar-refractivity contribution < 1.29 is 4.79 Å². The Morgan fingerprint density at radius 2 is 2.20 bits per heavy atom. The maximum atomic E-state index is 11.1. The lowest BCUT2D eigenvalue weighted by Crippen LogP contribution is -2.57. The molecule has 1 rings (SSSR count). The van der Waals surface area contributed by atoms with Crippen molar-refractivity contribution in [3.63, 3.8) is 0 Å². The Labute approximate surface area is 92.4 Å². The first-order valence-electron chi connectivity index (χ1n) is 5.93. The molecule has 0 spiro atoms. The molecule has 0 aliphatic carbocycles. The number of amides is 1. The lowest BCUT2D eigenvalue weighted by atomic mass is 10.1. The Morgan fingerprint density at radius 3 is 2.67 bits per heavy atom. The Bertz CT molecular complexity index is 192. The Hall–Kier alpha value is -0.610. The van der Waals surface area contributed by atoms with Crippen molar-refractivity contribution in [2.75, 3.05) is 33.2 Å². The van der Waals surface area contributed by atoms with Crippen LogP contribution in [0.25, 0.3) is 0 Å². The third-order valence-electron chi connectivity index (χ3n) is 2.92. The van der Waals surface area contributed by atoms with E-state index in [-0.39, 0.29) is 5.91 Å². The van der Waals surface area contributed by atoms with Gasteiger partial charge in [0.1, 0.15) is 0 Å². The van der Waals surface area contributed by atoms with Gasteiger partial charge in [0.25, 0.3) is 0 Å². The van der Waals surface area contributed by atoms with Crippen molar-refractivity contribution in [1.29, 1.82) is 0 Å². The molecule has 1 fully saturated rings. The number of hydrogen-bond donors (Lipinski definition) is 2. The van der Waals surface area contributed by atoms with Gasteiger partial charge >= 0.3 is 0 Å². The summed E-state index contributed by atoms with van der Waals surface area (Å²) in [7, 11) is 1.70. The smallest absolute Gasteiger partial charge is 0.219 e. The quantitative estimate of drug-likeness (QED) is 0.635. The second-order valence-corrected chi connectivity index (χ2v) is 4.12. The number of nitrogens with zero attached hydrogens (tertiary/aromatic N) is 1. The summed E-state index contributed by atoms with van der Waals surface area (Å²) in [6.07, 6.45) is 2.81. The number of nitrogens with one attached hydrogen (secondary N) is 2. The van der Waals surface area contributed by atoms with Gasteiger partial charge in [-0.25, -0.2) is 0 Å². The maximum absolute atomic E-state index is 11.1. The molecule has 0 saturated carbocycles. The van der Waals surface area contributed by atoms with Gasteiger partial charge in [0.05, 0.1) is 0 Å². The second-order valence-electron chi connectivity index (χ2n) is 4.12. The largest absolute Gasteiger partial charge is 0.359 e. The molecule has 0 unspecified atom stereocenters. The summed E-state index contributed by atoms with van der Waals surface area (Å²) in [6.45, 7) is 6.63. The fraction of sp³-hybridized carbons (Fsp3) is 0.909. The van der Waals surface area contributed by atoms with Gasteiger partial charge < -0.3 is 10.6 Å². The van der Waals surface area contributed by atoms with E-state index in [1.54, 1.807) is 7.05 Å². The SMILES string of the molecule is CCCN(CCCC(=O)NC)C1CNC1. The molecule has 1 amide bonds. The van der Waals surface area contributed by atoms with Crippen molar-refractivity contribution in [3.05, 3.63) is 0 Å². The fourth-order valence-electron chi connectivity index (χ4n) is 1.86. The molecule has 4 nitrogen and oxygen atoms in total. The van der Waals surface area contributed by atoms with Gasteiger partial charge in [-0.2, -0.15) is 0 Å². The van der Waals surface area contributed by atoms with Crippen LogP contribution in [0.2, 0.25) is 0 Å². The van der Waals surface area contributed by atoms with Gasteiger partial charge in [0, 0.05) is 32.6 Å². The summed E-state index contributed by atoms with van der Waals surface area (Å²) >= 11 is 0. The highest BCUT2D eigenvalue weighted by Crippen LogP contribution is 2.07. The van der Waals surface area contributed by atoms with E-state index >= 15 is 0 Å². The first-order chi connectivity index (χ1) is 7.27. The number of hydrogen-bond acceptors (Lipinski definition) is 3. The molecular formula is C11H23N3O. The Morgan fingerprint density at radius 1 is 1.47 bits per heavy atom. The van der Waals surface area contributed by atoms with Crippen LogP contribution in [0.15, 0.2) is 0 Å². The maximum Gasteiger partial charge on any atom is 0.219 e. The zero-order valence-corrected chi connectivity index (χ0v) is 9.88. The fourth-order valence-corrected chi connectivity index (χ4v) is 1.86. The van der Waals surface area contributed by atoms with Crippen LogP contribution in [0, 0.1) is 0 Å². The molecule has 1 aliphatic heterocycles. The number of carbonyl (C=O) groups excluding carboxylic acids is 1. The second kappa shape index (κ2) is 6.80. The van der Waals surface area contributed by atoms with Crippen molar-refractivity contribution >= 4 is 5.91 Å². The van der Waals surface area contributed by atoms with E-state index in [1.807, 2.05) is 0 Å². The molecular weight excluding hydrogens is 190 g/mol. The standard InChI is InChI=1S/C11H23N3O/c1-3-6-14(10-8-13-9-10)7-4-5-11(15)12-2/h10,13H,3-9H2,1-2H3,(H,12,15). The topological polar surface area (TPSA) is 44.4 Å². The lowest BCUT2D eigenvalue weighted by molar-refractivity contribution is -0.120. The molecule has 0 atom stereocenters. The molecule has 88 valence electrons. The van der Waals surface area contributed by atoms with Gasteiger partial charge in [0.15, 0.2) is 0 Å². The predicted octanol–water partition coefficient (Wildman–Crippen LogP) is 0.196. The molecule has 15 heavy (non-hydrogen) atoms. The highest BCUT2D eigenvalue weighted by Gasteiger charge is 2.23. The van der Waals surface area contributed by atoms with E-state index in [1.165, 1.54) is 6.42 Å². The van der Waals surface area contributed by atoms with E-state index < -0.39 is 0 Å². The van der Waals surface area contributed by atoms with Crippen LogP contribution in [-0.2, 0) is 4.79 Å². The van der Waals surface area contributed by atoms with Gasteiger partial charge in [-0.3, -0.25) is 9.69 Å². The molecule has 1 heterocycles. The zero-order chi connectivity index (χ0) is 11.1. The summed E-state index contributed by atoms with van der Waals surface area (Å²) in [5.41, 5.74) is 0. The van der Waals surface area contributed by atoms with Gasteiger partial charge in [-0.05, 0) is 25.9 Å². The zero-order valence-electron chi connectivity index (χ0n) is 9.88. The van der Waals surface area contributed by atoms with Gasteiger partial charge in [0.2, 0.25) is 5.91 Å². The van der Waals surface area contributed by atoms with Crippen molar-refractivity contribution in [2.45, 2.75) is 32.2 Å². The normalized spacial score (nSPS) is 16.5. The minimum Gasteiger partial charge on any atom is -0.359 e. The average molecular weight is 213 g/mol. The van der Waals surface area contributed by atoms with Crippen molar-refractivity contribution in [3.8, 4) is 0 Å². The monoisotopic (exact) mass is 213 g/mol. The lowest BCUT2D eigenvalue weighted by Gasteiger charge is -2.38. The Kier molecular flexibility index (Phi) is 5.65. The summed E-state index contributed by atoms with van der Waals surface area (Å²) < 4.78 is 0. The van der Waals surface area contributed by atoms with E-state index in [0.29, 0.717) is 12.5 Å². The Balaban J connectivity index is 2.16. The number of rotatable bonds is 7. The molecule has 4 heteroatoms. The molecule has 0 radical (unpaired) electrons. The van der Waals surface area contributed by atoms with Crippen molar-refractivity contribution in [1.82, 2.24) is 15.5 Å². The summed E-state index contributed by atoms with van der Waals surface area (Å²) in [4.78, 5) is 13.6. The minimum absolute atomic E-state index is 0.151. The van der Waals surface area contributed by atoms with Crippen LogP contribution in [0.1, 0.15) is 26.2 Å². The summed E-state index contributed by atoms with van der Waals surface area (Å²) in [5.74, 6) is 0.151. The molecule has 0 bridgehead atoms. The van der Waals surface area contributed by atoms with E-state index in [0.717, 1.165) is 32.6 Å². The van der Waals surface area contributed by atoms with Crippen LogP contribution in [-0.4, -0.2) is 50.1 Å². The highest BCUT2D eigenvalue weighted by atomic mass is 16.1. The minimum atomic E-state index is 0.151. The van der Waals surface area contributed by atoms with Crippen molar-refractivity contribution in [2.24, 2.45) is 0 Å². The molecule has 0 aromatic carbocycles. The molecule has 0 aromatic rings. The van der Waals surface area contributed by atoms with Crippen LogP contribution >= 0.6 is 0 Å². The van der Waals surface area contributed by atoms with Gasteiger partial charge in [-0.1, -0.05) is 6.92 Å². The third kappa shape index (κ3) is 4.18. The van der Waals surface area contributed by atoms with E-state index in [4.69, 9.17) is 0 Å². The third-order valence-corrected chi connectivity index (χ3v) is 2.92. The molecule has 2 N–H and O–H groups in total. The molecule has 0 aromatic heterocycles. The highest BCUT2D eigenvalue weighted by molar-refractivity contribution is 5.75. The van der Waals surface area contributed by atoms with Crippen LogP contribution < -0.4 is 10.6 Å². The summed E-state index contributed by atoms with van der Waals surface area (Å²) in [5, 5.41) is 5.95. The molecule has 1 saturated heterocycles.